The Morgan fingerprint density at radius 2 is 1.91 bits per heavy atom. The second-order valence-electron chi connectivity index (χ2n) is 9.47. The molecule has 5 atom stereocenters. The molecule has 4 heterocycles. The van der Waals surface area contributed by atoms with Gasteiger partial charge < -0.3 is 15.2 Å². The molecule has 0 aliphatic carbocycles. The number of aromatic hydroxyl groups is 1. The number of halogens is 1. The zero-order chi connectivity index (χ0) is 23.6. The number of benzene rings is 2. The molecule has 176 valence electrons. The molecule has 2 aromatic carbocycles. The van der Waals surface area contributed by atoms with E-state index in [1.54, 1.807) is 42.5 Å². The second kappa shape index (κ2) is 7.80. The number of nitrogens with one attached hydrogen (secondary N) is 2. The van der Waals surface area contributed by atoms with Gasteiger partial charge in [0.1, 0.15) is 11.3 Å². The molecule has 1 spiro atoms. The zero-order valence-electron chi connectivity index (χ0n) is 18.3. The van der Waals surface area contributed by atoms with Crippen LogP contribution in [-0.2, 0) is 31.1 Å². The van der Waals surface area contributed by atoms with E-state index in [0.717, 1.165) is 18.4 Å². The SMILES string of the molecule is O=C1C2C(Cc3ccc(O)cc3)NC3(C(=O)Nc4c(Cl)cccc43)C2C(=O)N1CC1CCCO1. The molecule has 6 rings (SSSR count). The summed E-state index contributed by atoms with van der Waals surface area (Å²) >= 11 is 6.38. The molecule has 3 N–H and O–H groups in total. The largest absolute Gasteiger partial charge is 0.508 e. The van der Waals surface area contributed by atoms with Crippen LogP contribution in [0.5, 0.6) is 5.75 Å². The molecule has 0 aromatic heterocycles. The fraction of sp³-hybridized carbons (Fsp3) is 0.400. The summed E-state index contributed by atoms with van der Waals surface area (Å²) in [6, 6.07) is 11.5. The third-order valence-corrected chi connectivity index (χ3v) is 7.91. The lowest BCUT2D eigenvalue weighted by Crippen LogP contribution is -2.54. The van der Waals surface area contributed by atoms with Crippen LogP contribution in [0.15, 0.2) is 42.5 Å². The van der Waals surface area contributed by atoms with Crippen molar-refractivity contribution in [3.8, 4) is 5.75 Å². The van der Waals surface area contributed by atoms with Gasteiger partial charge >= 0.3 is 0 Å². The average Bonchev–Trinajstić information content (AvgIpc) is 3.56. The number of hydrogen-bond donors (Lipinski definition) is 3. The number of hydrogen-bond acceptors (Lipinski definition) is 6. The van der Waals surface area contributed by atoms with Crippen molar-refractivity contribution in [1.82, 2.24) is 10.2 Å². The van der Waals surface area contributed by atoms with Crippen LogP contribution in [0.4, 0.5) is 5.69 Å². The summed E-state index contributed by atoms with van der Waals surface area (Å²) in [5.74, 6) is -2.46. The van der Waals surface area contributed by atoms with E-state index in [1.807, 2.05) is 0 Å². The van der Waals surface area contributed by atoms with Crippen LogP contribution < -0.4 is 10.6 Å². The number of carbonyl (C=O) groups excluding carboxylic acids is 3. The van der Waals surface area contributed by atoms with E-state index in [4.69, 9.17) is 16.3 Å². The Bertz CT molecular complexity index is 1200. The van der Waals surface area contributed by atoms with Gasteiger partial charge in [0.2, 0.25) is 17.7 Å². The van der Waals surface area contributed by atoms with Crippen molar-refractivity contribution in [3.63, 3.8) is 0 Å². The van der Waals surface area contributed by atoms with Gasteiger partial charge in [0.15, 0.2) is 0 Å². The molecule has 3 amide bonds. The molecular formula is C25H24ClN3O5. The first kappa shape index (κ1) is 21.6. The molecular weight excluding hydrogens is 458 g/mol. The van der Waals surface area contributed by atoms with Crippen molar-refractivity contribution in [2.45, 2.75) is 36.9 Å². The summed E-state index contributed by atoms with van der Waals surface area (Å²) in [4.78, 5) is 42.3. The predicted octanol–water partition coefficient (Wildman–Crippen LogP) is 2.19. The van der Waals surface area contributed by atoms with Gasteiger partial charge in [0.25, 0.3) is 0 Å². The van der Waals surface area contributed by atoms with Crippen LogP contribution in [0, 0.1) is 11.8 Å². The smallest absolute Gasteiger partial charge is 0.250 e. The van der Waals surface area contributed by atoms with Gasteiger partial charge in [-0.3, -0.25) is 24.6 Å². The van der Waals surface area contributed by atoms with Crippen LogP contribution in [0.25, 0.3) is 0 Å². The lowest BCUT2D eigenvalue weighted by Gasteiger charge is -2.30. The molecule has 4 aliphatic rings. The Morgan fingerprint density at radius 1 is 1.12 bits per heavy atom. The molecule has 0 radical (unpaired) electrons. The van der Waals surface area contributed by atoms with Crippen LogP contribution in [0.3, 0.4) is 0 Å². The van der Waals surface area contributed by atoms with Crippen LogP contribution >= 0.6 is 11.6 Å². The molecule has 9 heteroatoms. The topological polar surface area (TPSA) is 108 Å². The lowest BCUT2D eigenvalue weighted by atomic mass is 9.76. The minimum atomic E-state index is -1.38. The third-order valence-electron chi connectivity index (χ3n) is 7.59. The first-order valence-corrected chi connectivity index (χ1v) is 11.9. The first-order valence-electron chi connectivity index (χ1n) is 11.5. The number of likely N-dealkylation sites (tertiary alicyclic amines) is 1. The lowest BCUT2D eigenvalue weighted by molar-refractivity contribution is -0.144. The first-order chi connectivity index (χ1) is 16.4. The van der Waals surface area contributed by atoms with Crippen molar-refractivity contribution in [3.05, 3.63) is 58.6 Å². The maximum Gasteiger partial charge on any atom is 0.250 e. The Balaban J connectivity index is 1.43. The summed E-state index contributed by atoms with van der Waals surface area (Å²) in [5, 5.41) is 16.3. The van der Waals surface area contributed by atoms with Crippen LogP contribution in [-0.4, -0.2) is 53.0 Å². The molecule has 34 heavy (non-hydrogen) atoms. The van der Waals surface area contributed by atoms with Crippen molar-refractivity contribution in [1.29, 1.82) is 0 Å². The number of imide groups is 1. The molecule has 4 aliphatic heterocycles. The number of anilines is 1. The third kappa shape index (κ3) is 3.02. The maximum absolute atomic E-state index is 13.8. The number of phenols is 1. The molecule has 8 nitrogen and oxygen atoms in total. The normalized spacial score (nSPS) is 31.9. The Hall–Kier alpha value is -2.94. The molecule has 0 saturated carbocycles. The van der Waals surface area contributed by atoms with E-state index < -0.39 is 23.4 Å². The highest BCUT2D eigenvalue weighted by atomic mass is 35.5. The van der Waals surface area contributed by atoms with E-state index in [0.29, 0.717) is 29.3 Å². The molecule has 2 aromatic rings. The van der Waals surface area contributed by atoms with E-state index in [1.165, 1.54) is 4.90 Å². The average molecular weight is 482 g/mol. The number of ether oxygens (including phenoxy) is 1. The molecule has 0 bridgehead atoms. The fourth-order valence-electron chi connectivity index (χ4n) is 6.09. The monoisotopic (exact) mass is 481 g/mol. The van der Waals surface area contributed by atoms with Crippen molar-refractivity contribution in [2.24, 2.45) is 11.8 Å². The van der Waals surface area contributed by atoms with E-state index >= 15 is 0 Å². The number of amides is 3. The summed E-state index contributed by atoms with van der Waals surface area (Å²) in [7, 11) is 0. The predicted molar refractivity (Wildman–Crippen MR) is 123 cm³/mol. The van der Waals surface area contributed by atoms with Gasteiger partial charge in [-0.25, -0.2) is 0 Å². The number of para-hydroxylation sites is 1. The van der Waals surface area contributed by atoms with E-state index in [2.05, 4.69) is 10.6 Å². The number of nitrogens with zero attached hydrogens (tertiary/aromatic N) is 1. The van der Waals surface area contributed by atoms with Crippen LogP contribution in [0.2, 0.25) is 5.02 Å². The number of fused-ring (bicyclic) bond motifs is 4. The quantitative estimate of drug-likeness (QED) is 0.578. The summed E-state index contributed by atoms with van der Waals surface area (Å²) in [5.41, 5.74) is 0.565. The molecule has 3 saturated heterocycles. The zero-order valence-corrected chi connectivity index (χ0v) is 19.0. The van der Waals surface area contributed by atoms with Crippen molar-refractivity contribution in [2.75, 3.05) is 18.5 Å². The Labute approximate surface area is 201 Å². The van der Waals surface area contributed by atoms with Gasteiger partial charge in [0, 0.05) is 18.2 Å². The number of carbonyl (C=O) groups is 3. The van der Waals surface area contributed by atoms with Gasteiger partial charge in [-0.15, -0.1) is 0 Å². The number of phenolic OH excluding ortho intramolecular Hbond substituents is 1. The minimum Gasteiger partial charge on any atom is -0.508 e. The standard InChI is InChI=1S/C25H24ClN3O5/c26-17-5-1-4-16-21(17)27-24(33)25(16)20-19(18(28-25)11-13-6-8-14(30)9-7-13)22(31)29(23(20)32)12-15-3-2-10-34-15/h1,4-9,15,18-20,28,30H,2-3,10-12H2,(H,27,33). The van der Waals surface area contributed by atoms with Gasteiger partial charge in [-0.05, 0) is 43.0 Å². The highest BCUT2D eigenvalue weighted by Crippen LogP contribution is 2.54. The van der Waals surface area contributed by atoms with Gasteiger partial charge in [-0.1, -0.05) is 35.9 Å². The maximum atomic E-state index is 13.8. The van der Waals surface area contributed by atoms with Crippen molar-refractivity contribution < 1.29 is 24.2 Å². The summed E-state index contributed by atoms with van der Waals surface area (Å²) in [6.45, 7) is 0.827. The molecule has 3 fully saturated rings. The fourth-order valence-corrected chi connectivity index (χ4v) is 6.31. The van der Waals surface area contributed by atoms with E-state index in [-0.39, 0.29) is 36.1 Å². The summed E-state index contributed by atoms with van der Waals surface area (Å²) in [6.07, 6.45) is 1.94. The van der Waals surface area contributed by atoms with Crippen molar-refractivity contribution >= 4 is 35.0 Å². The number of rotatable bonds is 4. The van der Waals surface area contributed by atoms with E-state index in [9.17, 15) is 19.5 Å². The highest BCUT2D eigenvalue weighted by molar-refractivity contribution is 6.35. The Morgan fingerprint density at radius 3 is 2.65 bits per heavy atom. The minimum absolute atomic E-state index is 0.145. The second-order valence-corrected chi connectivity index (χ2v) is 9.88. The molecule has 5 unspecified atom stereocenters. The van der Waals surface area contributed by atoms with Gasteiger partial charge in [0.05, 0.1) is 35.2 Å². The van der Waals surface area contributed by atoms with Gasteiger partial charge in [-0.2, -0.15) is 0 Å². The highest BCUT2D eigenvalue weighted by Gasteiger charge is 2.70. The van der Waals surface area contributed by atoms with Crippen LogP contribution in [0.1, 0.15) is 24.0 Å². The summed E-state index contributed by atoms with van der Waals surface area (Å²) < 4.78 is 5.70. The Kier molecular flexibility index (Phi) is 4.95.